The number of ether oxygens (including phenoxy) is 1. The average Bonchev–Trinajstić information content (AvgIpc) is 3.40. The fourth-order valence-corrected chi connectivity index (χ4v) is 5.83. The van der Waals surface area contributed by atoms with E-state index < -0.39 is 47.6 Å². The predicted molar refractivity (Wildman–Crippen MR) is 140 cm³/mol. The zero-order valence-electron chi connectivity index (χ0n) is 21.4. The predicted octanol–water partition coefficient (Wildman–Crippen LogP) is 3.57. The van der Waals surface area contributed by atoms with Crippen LogP contribution in [0.15, 0.2) is 48.9 Å². The highest BCUT2D eigenvalue weighted by Crippen LogP contribution is 2.45. The molecular weight excluding hydrogens is 515 g/mol. The van der Waals surface area contributed by atoms with Crippen LogP contribution in [0.25, 0.3) is 5.65 Å². The van der Waals surface area contributed by atoms with Crippen molar-refractivity contribution in [3.8, 4) is 0 Å². The Morgan fingerprint density at radius 1 is 1.22 bits per heavy atom. The number of aliphatic hydroxyl groups is 1. The van der Waals surface area contributed by atoms with Crippen LogP contribution in [0, 0.1) is 0 Å². The summed E-state index contributed by atoms with van der Waals surface area (Å²) in [7, 11) is -5.76. The van der Waals surface area contributed by atoms with Crippen LogP contribution in [0.2, 0.25) is 18.1 Å². The first kappa shape index (κ1) is 27.6. The van der Waals surface area contributed by atoms with Crippen molar-refractivity contribution in [2.75, 3.05) is 11.9 Å². The summed E-state index contributed by atoms with van der Waals surface area (Å²) in [6.45, 7) is 9.94. The summed E-state index contributed by atoms with van der Waals surface area (Å²) in [6.07, 6.45) is 1.39. The number of aromatic nitrogens is 3. The van der Waals surface area contributed by atoms with Crippen LogP contribution in [0.3, 0.4) is 0 Å². The first-order valence-electron chi connectivity index (χ1n) is 11.9. The molecule has 5 atom stereocenters. The second kappa shape index (κ2) is 10.7. The Morgan fingerprint density at radius 2 is 1.92 bits per heavy atom. The van der Waals surface area contributed by atoms with Gasteiger partial charge in [-0.1, -0.05) is 39.0 Å². The number of imidazole rings is 1. The number of rotatable bonds is 8. The number of benzene rings is 1. The van der Waals surface area contributed by atoms with Crippen molar-refractivity contribution >= 4 is 33.9 Å². The molecule has 2 aromatic heterocycles. The number of aliphatic hydroxyl groups excluding tert-OH is 1. The third kappa shape index (κ3) is 5.70. The van der Waals surface area contributed by atoms with E-state index in [1.807, 2.05) is 6.07 Å². The van der Waals surface area contributed by atoms with E-state index in [4.69, 9.17) is 13.7 Å². The van der Waals surface area contributed by atoms with E-state index in [1.54, 1.807) is 41.1 Å². The molecule has 1 saturated heterocycles. The molecule has 200 valence electrons. The number of carbonyl (C=O) groups is 1. The maximum atomic E-state index is 12.7. The molecule has 3 heterocycles. The number of carbonyl (C=O) groups excluding carboxylic acids is 1. The quantitative estimate of drug-likeness (QED) is 0.284. The fraction of sp³-hybridized carbons (Fsp3) is 0.458. The Hall–Kier alpha value is -2.44. The number of hydrogen-bond acceptors (Lipinski definition) is 8. The Balaban J connectivity index is 1.72. The van der Waals surface area contributed by atoms with Gasteiger partial charge in [-0.2, -0.15) is 0 Å². The summed E-state index contributed by atoms with van der Waals surface area (Å²) in [4.78, 5) is 31.1. The zero-order chi connectivity index (χ0) is 27.0. The third-order valence-electron chi connectivity index (χ3n) is 6.98. The highest BCUT2D eigenvalue weighted by atomic mass is 31.1. The van der Waals surface area contributed by atoms with Gasteiger partial charge in [-0.15, -0.1) is 0 Å². The number of nitrogens with zero attached hydrogens (tertiary/aromatic N) is 3. The van der Waals surface area contributed by atoms with Crippen molar-refractivity contribution in [3.05, 3.63) is 60.2 Å². The molecule has 0 radical (unpaired) electrons. The zero-order valence-corrected chi connectivity index (χ0v) is 23.4. The van der Waals surface area contributed by atoms with Gasteiger partial charge in [-0.3, -0.25) is 13.8 Å². The minimum atomic E-state index is -3.35. The van der Waals surface area contributed by atoms with Gasteiger partial charge in [-0.05, 0) is 30.3 Å². The number of fused-ring (bicyclic) bond motifs is 1. The molecule has 2 unspecified atom stereocenters. The van der Waals surface area contributed by atoms with Crippen molar-refractivity contribution in [1.29, 1.82) is 0 Å². The molecule has 1 aromatic carbocycles. The lowest BCUT2D eigenvalue weighted by Crippen LogP contribution is -2.48. The maximum Gasteiger partial charge on any atom is 0.317 e. The summed E-state index contributed by atoms with van der Waals surface area (Å²) < 4.78 is 31.6. The Labute approximate surface area is 216 Å². The van der Waals surface area contributed by atoms with Crippen LogP contribution in [0.4, 0.5) is 5.82 Å². The molecule has 1 aliphatic heterocycles. The molecule has 13 heteroatoms. The highest BCUT2D eigenvalue weighted by Gasteiger charge is 2.52. The average molecular weight is 549 g/mol. The molecular formula is C24H33N4O7PSi. The second-order valence-corrected chi connectivity index (χ2v) is 16.0. The van der Waals surface area contributed by atoms with E-state index in [0.29, 0.717) is 16.9 Å². The summed E-state index contributed by atoms with van der Waals surface area (Å²) in [5.74, 6) is -0.0710. The number of anilines is 1. The number of amides is 1. The van der Waals surface area contributed by atoms with E-state index in [-0.39, 0.29) is 16.8 Å². The first-order chi connectivity index (χ1) is 17.4. The number of hydrogen-bond donors (Lipinski definition) is 3. The van der Waals surface area contributed by atoms with Crippen molar-refractivity contribution in [2.45, 2.75) is 63.3 Å². The molecule has 1 aliphatic rings. The van der Waals surface area contributed by atoms with Crippen LogP contribution < -0.4 is 5.32 Å². The Morgan fingerprint density at radius 3 is 2.54 bits per heavy atom. The van der Waals surface area contributed by atoms with Gasteiger partial charge in [-0.25, -0.2) is 9.97 Å². The van der Waals surface area contributed by atoms with Crippen molar-refractivity contribution in [3.63, 3.8) is 0 Å². The van der Waals surface area contributed by atoms with E-state index >= 15 is 0 Å². The van der Waals surface area contributed by atoms with Crippen LogP contribution in [-0.4, -0.2) is 63.5 Å². The highest BCUT2D eigenvalue weighted by molar-refractivity contribution is 7.32. The van der Waals surface area contributed by atoms with E-state index in [1.165, 1.54) is 6.20 Å². The summed E-state index contributed by atoms with van der Waals surface area (Å²) >= 11 is 0. The van der Waals surface area contributed by atoms with Crippen molar-refractivity contribution < 1.29 is 33.0 Å². The lowest BCUT2D eigenvalue weighted by molar-refractivity contribution is -0.0202. The Bertz CT molecular complexity index is 1280. The monoisotopic (exact) mass is 548 g/mol. The largest absolute Gasteiger partial charge is 0.408 e. The second-order valence-electron chi connectivity index (χ2n) is 10.4. The molecule has 37 heavy (non-hydrogen) atoms. The van der Waals surface area contributed by atoms with Gasteiger partial charge < -0.3 is 29.0 Å². The topological polar surface area (TPSA) is 145 Å². The number of nitrogens with one attached hydrogen (secondary N) is 1. The molecule has 0 spiro atoms. The molecule has 3 N–H and O–H groups in total. The summed E-state index contributed by atoms with van der Waals surface area (Å²) in [6, 6.07) is 8.76. The van der Waals surface area contributed by atoms with Gasteiger partial charge >= 0.3 is 8.25 Å². The molecule has 4 rings (SSSR count). The molecule has 1 amide bonds. The van der Waals surface area contributed by atoms with E-state index in [9.17, 15) is 19.4 Å². The third-order valence-corrected chi connectivity index (χ3v) is 11.9. The van der Waals surface area contributed by atoms with Crippen LogP contribution in [-0.2, 0) is 18.3 Å². The van der Waals surface area contributed by atoms with Gasteiger partial charge in [0.25, 0.3) is 5.91 Å². The standard InChI is InChI=1S/C24H33N4O7PSi/c1-24(2,3)37(4,5)35-20-18(33-17(14-29)19(20)34-36(31)32)16-13-26-22-21(25-11-12-28(16)22)27-23(30)15-9-7-6-8-10-15/h6-13,17-20,29,36H,14H2,1-5H3,(H,31,32)(H,25,27,30)/t17-,18+,19+,20?/m1/s1. The van der Waals surface area contributed by atoms with Gasteiger partial charge in [0.15, 0.2) is 19.8 Å². The first-order valence-corrected chi connectivity index (χ1v) is 16.1. The van der Waals surface area contributed by atoms with Crippen LogP contribution in [0.1, 0.15) is 42.9 Å². The van der Waals surface area contributed by atoms with Crippen molar-refractivity contribution in [2.24, 2.45) is 0 Å². The SMILES string of the molecule is CC(C)(C)[Si](C)(C)OC1[C@@H](O[PH](=O)O)[C@@H](CO)O[C@H]1c1cnc2c(NC(=O)c3ccccc3)nccn12. The Kier molecular flexibility index (Phi) is 8.01. The maximum absolute atomic E-state index is 12.7. The van der Waals surface area contributed by atoms with E-state index in [2.05, 4.69) is 49.1 Å². The molecule has 0 bridgehead atoms. The molecule has 1 fully saturated rings. The smallest absolute Gasteiger partial charge is 0.317 e. The van der Waals surface area contributed by atoms with Gasteiger partial charge in [0.05, 0.1) is 18.5 Å². The summed E-state index contributed by atoms with van der Waals surface area (Å²) in [5.41, 5.74) is 1.43. The van der Waals surface area contributed by atoms with E-state index in [0.717, 1.165) is 0 Å². The summed E-state index contributed by atoms with van der Waals surface area (Å²) in [5, 5.41) is 12.6. The lowest BCUT2D eigenvalue weighted by atomic mass is 10.1. The minimum Gasteiger partial charge on any atom is -0.408 e. The normalized spacial score (nSPS) is 23.3. The molecule has 11 nitrogen and oxygen atoms in total. The minimum absolute atomic E-state index is 0.165. The van der Waals surface area contributed by atoms with Crippen molar-refractivity contribution in [1.82, 2.24) is 14.4 Å². The van der Waals surface area contributed by atoms with Crippen LogP contribution >= 0.6 is 8.25 Å². The van der Waals surface area contributed by atoms with Gasteiger partial charge in [0.1, 0.15) is 24.4 Å². The fourth-order valence-electron chi connectivity index (χ4n) is 4.02. The molecule has 0 saturated carbocycles. The lowest BCUT2D eigenvalue weighted by Gasteiger charge is -2.40. The molecule has 0 aliphatic carbocycles. The van der Waals surface area contributed by atoms with Gasteiger partial charge in [0.2, 0.25) is 0 Å². The van der Waals surface area contributed by atoms with Gasteiger partial charge in [0, 0.05) is 18.0 Å². The molecule has 3 aromatic rings. The van der Waals surface area contributed by atoms with Crippen LogP contribution in [0.5, 0.6) is 0 Å².